The van der Waals surface area contributed by atoms with Gasteiger partial charge in [-0.05, 0) is 0 Å². The van der Waals surface area contributed by atoms with Crippen molar-refractivity contribution in [3.05, 3.63) is 0 Å². The quantitative estimate of drug-likeness (QED) is 0.460. The van der Waals surface area contributed by atoms with E-state index < -0.39 is 33.5 Å². The molecule has 0 aromatic rings. The summed E-state index contributed by atoms with van der Waals surface area (Å²) in [5.74, 6) is 1.97. The largest absolute Gasteiger partial charge is 0.397 e. The van der Waals surface area contributed by atoms with Crippen molar-refractivity contribution in [3.63, 3.8) is 0 Å². The predicted molar refractivity (Wildman–Crippen MR) is 47.4 cm³/mol. The molecule has 88 valence electrons. The second-order valence-electron chi connectivity index (χ2n) is 2.27. The van der Waals surface area contributed by atoms with Crippen LogP contribution in [0.15, 0.2) is 0 Å². The minimum absolute atomic E-state index is 0.324. The lowest BCUT2D eigenvalue weighted by Crippen LogP contribution is -2.24. The van der Waals surface area contributed by atoms with Crippen LogP contribution in [-0.2, 0) is 29.2 Å². The van der Waals surface area contributed by atoms with E-state index in [4.69, 9.17) is 15.5 Å². The second kappa shape index (κ2) is 5.40. The first-order chi connectivity index (χ1) is 6.64. The van der Waals surface area contributed by atoms with Gasteiger partial charge in [-0.25, -0.2) is 8.37 Å². The van der Waals surface area contributed by atoms with Gasteiger partial charge in [-0.15, -0.1) is 12.3 Å². The summed E-state index contributed by atoms with van der Waals surface area (Å²) in [5.41, 5.74) is 0. The molecule has 0 spiro atoms. The van der Waals surface area contributed by atoms with E-state index in [9.17, 15) is 16.8 Å². The van der Waals surface area contributed by atoms with Crippen LogP contribution in [-0.4, -0.2) is 38.7 Å². The lowest BCUT2D eigenvalue weighted by Gasteiger charge is -2.10. The lowest BCUT2D eigenvalue weighted by atomic mass is 10.3. The van der Waals surface area contributed by atoms with Crippen LogP contribution in [0, 0.1) is 12.3 Å². The monoisotopic (exact) mass is 260 g/mol. The third kappa shape index (κ3) is 9.60. The first-order valence-corrected chi connectivity index (χ1v) is 6.08. The first kappa shape index (κ1) is 14.3. The summed E-state index contributed by atoms with van der Waals surface area (Å²) in [4.78, 5) is 0. The topological polar surface area (TPSA) is 127 Å². The molecule has 8 nitrogen and oxygen atoms in total. The van der Waals surface area contributed by atoms with E-state index in [1.165, 1.54) is 0 Å². The molecule has 0 aliphatic heterocycles. The van der Waals surface area contributed by atoms with Crippen LogP contribution in [0.25, 0.3) is 0 Å². The molecule has 2 N–H and O–H groups in total. The molecule has 15 heavy (non-hydrogen) atoms. The second-order valence-corrected chi connectivity index (χ2v) is 4.41. The Balaban J connectivity index is 4.37. The van der Waals surface area contributed by atoms with Crippen molar-refractivity contribution in [1.29, 1.82) is 0 Å². The fraction of sp³-hybridized carbons (Fsp3) is 0.600. The van der Waals surface area contributed by atoms with Gasteiger partial charge in [0.25, 0.3) is 0 Å². The van der Waals surface area contributed by atoms with Gasteiger partial charge in [0.2, 0.25) is 0 Å². The number of hydrogen-bond donors (Lipinski definition) is 2. The molecule has 0 amide bonds. The Morgan fingerprint density at radius 1 is 1.20 bits per heavy atom. The zero-order valence-corrected chi connectivity index (χ0v) is 8.86. The SMILES string of the molecule is C#CCC(COS(=O)(=O)O)OS(=O)(=O)O. The summed E-state index contributed by atoms with van der Waals surface area (Å²) in [6.07, 6.45) is 3.09. The summed E-state index contributed by atoms with van der Waals surface area (Å²) in [6, 6.07) is 0. The zero-order valence-electron chi connectivity index (χ0n) is 7.23. The van der Waals surface area contributed by atoms with Crippen LogP contribution >= 0.6 is 0 Å². The molecule has 0 rings (SSSR count). The molecule has 0 heterocycles. The average Bonchev–Trinajstić information content (AvgIpc) is 1.96. The molecule has 1 atom stereocenters. The average molecular weight is 260 g/mol. The number of rotatable bonds is 6. The Labute approximate surface area is 87.1 Å². The molecule has 0 aromatic heterocycles. The van der Waals surface area contributed by atoms with Gasteiger partial charge in [0.05, 0.1) is 6.61 Å². The van der Waals surface area contributed by atoms with Crippen molar-refractivity contribution < 1.29 is 34.3 Å². The molecule has 0 bridgehead atoms. The van der Waals surface area contributed by atoms with Gasteiger partial charge in [0.1, 0.15) is 6.10 Å². The zero-order chi connectivity index (χ0) is 12.1. The van der Waals surface area contributed by atoms with E-state index in [0.717, 1.165) is 0 Å². The van der Waals surface area contributed by atoms with E-state index in [1.54, 1.807) is 0 Å². The highest BCUT2D eigenvalue weighted by Gasteiger charge is 2.19. The van der Waals surface area contributed by atoms with Crippen molar-refractivity contribution in [1.82, 2.24) is 0 Å². The van der Waals surface area contributed by atoms with E-state index in [-0.39, 0.29) is 6.42 Å². The molecule has 1 unspecified atom stereocenters. The smallest absolute Gasteiger partial charge is 0.264 e. The van der Waals surface area contributed by atoms with Gasteiger partial charge in [0.15, 0.2) is 0 Å². The van der Waals surface area contributed by atoms with E-state index in [1.807, 2.05) is 5.92 Å². The molecule has 0 aliphatic carbocycles. The number of hydrogen-bond acceptors (Lipinski definition) is 6. The van der Waals surface area contributed by atoms with Crippen molar-refractivity contribution in [2.75, 3.05) is 6.61 Å². The predicted octanol–water partition coefficient (Wildman–Crippen LogP) is -0.983. The molecule has 0 radical (unpaired) electrons. The van der Waals surface area contributed by atoms with Crippen LogP contribution in [0.1, 0.15) is 6.42 Å². The molecule has 0 saturated heterocycles. The summed E-state index contributed by atoms with van der Waals surface area (Å²) in [5, 5.41) is 0. The molecular formula is C5H8O8S2. The Hall–Kier alpha value is -0.700. The summed E-state index contributed by atoms with van der Waals surface area (Å²) in [6.45, 7) is -0.831. The fourth-order valence-corrected chi connectivity index (χ4v) is 1.38. The highest BCUT2D eigenvalue weighted by atomic mass is 32.3. The first-order valence-electron chi connectivity index (χ1n) is 3.35. The van der Waals surface area contributed by atoms with Gasteiger partial charge in [-0.3, -0.25) is 9.11 Å². The Morgan fingerprint density at radius 2 is 1.73 bits per heavy atom. The van der Waals surface area contributed by atoms with Crippen molar-refractivity contribution >= 4 is 20.8 Å². The Kier molecular flexibility index (Phi) is 5.15. The van der Waals surface area contributed by atoms with Gasteiger partial charge < -0.3 is 0 Å². The highest BCUT2D eigenvalue weighted by Crippen LogP contribution is 2.04. The normalized spacial score (nSPS) is 14.5. The van der Waals surface area contributed by atoms with E-state index in [2.05, 4.69) is 8.37 Å². The minimum atomic E-state index is -4.77. The van der Waals surface area contributed by atoms with Crippen LogP contribution in [0.5, 0.6) is 0 Å². The van der Waals surface area contributed by atoms with E-state index in [0.29, 0.717) is 0 Å². The molecule has 0 fully saturated rings. The third-order valence-electron chi connectivity index (χ3n) is 1.01. The molecule has 10 heteroatoms. The number of terminal acetylenes is 1. The Morgan fingerprint density at radius 3 is 2.07 bits per heavy atom. The maximum absolute atomic E-state index is 10.2. The third-order valence-corrected chi connectivity index (χ3v) is 1.96. The summed E-state index contributed by atoms with van der Waals surface area (Å²) >= 11 is 0. The van der Waals surface area contributed by atoms with Gasteiger partial charge in [-0.2, -0.15) is 16.8 Å². The van der Waals surface area contributed by atoms with Crippen LogP contribution in [0.3, 0.4) is 0 Å². The maximum atomic E-state index is 10.2. The van der Waals surface area contributed by atoms with Gasteiger partial charge in [-0.1, -0.05) is 0 Å². The van der Waals surface area contributed by atoms with Gasteiger partial charge in [0, 0.05) is 6.42 Å². The molecule has 0 aliphatic rings. The molecular weight excluding hydrogens is 252 g/mol. The standard InChI is InChI=1S/C5H8O8S2/c1-2-3-5(13-15(9,10)11)4-12-14(6,7)8/h1,5H,3-4H2,(H,6,7,8)(H,9,10,11). The van der Waals surface area contributed by atoms with Gasteiger partial charge >= 0.3 is 20.8 Å². The highest BCUT2D eigenvalue weighted by molar-refractivity contribution is 7.81. The maximum Gasteiger partial charge on any atom is 0.397 e. The summed E-state index contributed by atoms with van der Waals surface area (Å²) in [7, 11) is -9.48. The van der Waals surface area contributed by atoms with Crippen LogP contribution in [0.2, 0.25) is 0 Å². The lowest BCUT2D eigenvalue weighted by molar-refractivity contribution is 0.118. The van der Waals surface area contributed by atoms with Crippen molar-refractivity contribution in [3.8, 4) is 12.3 Å². The fourth-order valence-electron chi connectivity index (χ4n) is 0.586. The molecule has 0 saturated carbocycles. The van der Waals surface area contributed by atoms with E-state index >= 15 is 0 Å². The van der Waals surface area contributed by atoms with Crippen molar-refractivity contribution in [2.45, 2.75) is 12.5 Å². The Bertz CT molecular complexity index is 426. The summed E-state index contributed by atoms with van der Waals surface area (Å²) < 4.78 is 64.9. The van der Waals surface area contributed by atoms with Crippen molar-refractivity contribution in [2.24, 2.45) is 0 Å². The van der Waals surface area contributed by atoms with Crippen LogP contribution < -0.4 is 0 Å². The minimum Gasteiger partial charge on any atom is -0.264 e. The van der Waals surface area contributed by atoms with Crippen LogP contribution in [0.4, 0.5) is 0 Å². The molecule has 0 aromatic carbocycles.